The molecule has 3 rings (SSSR count). The number of nitrogens with zero attached hydrogens (tertiary/aromatic N) is 2. The Balaban J connectivity index is 1.33. The summed E-state index contributed by atoms with van der Waals surface area (Å²) in [7, 11) is 1.62. The highest BCUT2D eigenvalue weighted by Crippen LogP contribution is 2.17. The predicted molar refractivity (Wildman–Crippen MR) is 115 cm³/mol. The Kier molecular flexibility index (Phi) is 8.04. The van der Waals surface area contributed by atoms with E-state index < -0.39 is 6.10 Å². The van der Waals surface area contributed by atoms with Crippen LogP contribution in [0.15, 0.2) is 48.5 Å². The number of ether oxygens (including phenoxy) is 2. The molecule has 0 saturated carbocycles. The molecule has 7 heteroatoms. The highest BCUT2D eigenvalue weighted by atomic mass is 19.1. The SMILES string of the molecule is COc1cccc(CO[C@H](C)C(=O)NCCN2CCN(c3ccc(F)cc3)CC2)c1. The molecule has 1 N–H and O–H groups in total. The third-order valence-electron chi connectivity index (χ3n) is 5.29. The van der Waals surface area contributed by atoms with E-state index in [1.54, 1.807) is 14.0 Å². The van der Waals surface area contributed by atoms with Crippen LogP contribution in [0.5, 0.6) is 5.75 Å². The molecule has 2 aromatic carbocycles. The number of anilines is 1. The molecule has 0 unspecified atom stereocenters. The van der Waals surface area contributed by atoms with Crippen molar-refractivity contribution in [3.05, 3.63) is 59.9 Å². The van der Waals surface area contributed by atoms with Crippen LogP contribution in [0.4, 0.5) is 10.1 Å². The zero-order valence-corrected chi connectivity index (χ0v) is 17.6. The van der Waals surface area contributed by atoms with Gasteiger partial charge in [-0.3, -0.25) is 9.69 Å². The maximum Gasteiger partial charge on any atom is 0.248 e. The number of halogens is 1. The highest BCUT2D eigenvalue weighted by molar-refractivity contribution is 5.80. The second kappa shape index (κ2) is 10.9. The molecule has 1 atom stereocenters. The lowest BCUT2D eigenvalue weighted by Gasteiger charge is -2.36. The maximum atomic E-state index is 13.1. The smallest absolute Gasteiger partial charge is 0.248 e. The van der Waals surface area contributed by atoms with E-state index in [9.17, 15) is 9.18 Å². The molecule has 1 heterocycles. The summed E-state index contributed by atoms with van der Waals surface area (Å²) in [6.07, 6.45) is -0.522. The van der Waals surface area contributed by atoms with Crippen LogP contribution in [0, 0.1) is 5.82 Å². The largest absolute Gasteiger partial charge is 0.497 e. The van der Waals surface area contributed by atoms with Gasteiger partial charge in [0.05, 0.1) is 13.7 Å². The lowest BCUT2D eigenvalue weighted by molar-refractivity contribution is -0.132. The number of piperazine rings is 1. The van der Waals surface area contributed by atoms with Gasteiger partial charge in [-0.05, 0) is 48.9 Å². The normalized spacial score (nSPS) is 15.6. The first-order valence-corrected chi connectivity index (χ1v) is 10.3. The van der Waals surface area contributed by atoms with Crippen LogP contribution in [0.1, 0.15) is 12.5 Å². The number of carbonyl (C=O) groups excluding carboxylic acids is 1. The molecule has 1 aliphatic heterocycles. The zero-order valence-electron chi connectivity index (χ0n) is 17.6. The van der Waals surface area contributed by atoms with Gasteiger partial charge < -0.3 is 19.7 Å². The minimum atomic E-state index is -0.522. The fourth-order valence-electron chi connectivity index (χ4n) is 3.42. The summed E-state index contributed by atoms with van der Waals surface area (Å²) in [5, 5.41) is 2.95. The molecule has 1 fully saturated rings. The molecule has 0 bridgehead atoms. The Labute approximate surface area is 177 Å². The first kappa shape index (κ1) is 22.1. The molecule has 6 nitrogen and oxygen atoms in total. The Morgan fingerprint density at radius 2 is 1.87 bits per heavy atom. The lowest BCUT2D eigenvalue weighted by Crippen LogP contribution is -2.49. The average molecular weight is 416 g/mol. The maximum absolute atomic E-state index is 13.1. The first-order chi connectivity index (χ1) is 14.5. The molecule has 162 valence electrons. The topological polar surface area (TPSA) is 54.0 Å². The van der Waals surface area contributed by atoms with Gasteiger partial charge in [-0.25, -0.2) is 4.39 Å². The monoisotopic (exact) mass is 415 g/mol. The summed E-state index contributed by atoms with van der Waals surface area (Å²) < 4.78 is 24.0. The van der Waals surface area contributed by atoms with E-state index in [1.165, 1.54) is 12.1 Å². The Morgan fingerprint density at radius 1 is 1.13 bits per heavy atom. The van der Waals surface area contributed by atoms with Gasteiger partial charge in [0.1, 0.15) is 17.7 Å². The van der Waals surface area contributed by atoms with Crippen LogP contribution in [0.3, 0.4) is 0 Å². The van der Waals surface area contributed by atoms with Crippen LogP contribution < -0.4 is 15.0 Å². The van der Waals surface area contributed by atoms with E-state index in [-0.39, 0.29) is 11.7 Å². The Morgan fingerprint density at radius 3 is 2.57 bits per heavy atom. The number of methoxy groups -OCH3 is 1. The van der Waals surface area contributed by atoms with Crippen molar-refractivity contribution >= 4 is 11.6 Å². The third-order valence-corrected chi connectivity index (χ3v) is 5.29. The quantitative estimate of drug-likeness (QED) is 0.683. The number of rotatable bonds is 9. The van der Waals surface area contributed by atoms with Gasteiger partial charge >= 0.3 is 0 Å². The molecule has 1 aliphatic rings. The van der Waals surface area contributed by atoms with Gasteiger partial charge in [-0.2, -0.15) is 0 Å². The van der Waals surface area contributed by atoms with Crippen molar-refractivity contribution in [3.8, 4) is 5.75 Å². The van der Waals surface area contributed by atoms with Gasteiger partial charge in [0.15, 0.2) is 0 Å². The van der Waals surface area contributed by atoms with E-state index in [2.05, 4.69) is 15.1 Å². The summed E-state index contributed by atoms with van der Waals surface area (Å²) >= 11 is 0. The second-order valence-corrected chi connectivity index (χ2v) is 7.40. The van der Waals surface area contributed by atoms with E-state index in [0.717, 1.165) is 49.7 Å². The first-order valence-electron chi connectivity index (χ1n) is 10.3. The molecule has 1 saturated heterocycles. The summed E-state index contributed by atoms with van der Waals surface area (Å²) in [5.74, 6) is 0.449. The Bertz CT molecular complexity index is 808. The van der Waals surface area contributed by atoms with Crippen LogP contribution in [-0.2, 0) is 16.1 Å². The van der Waals surface area contributed by atoms with E-state index in [0.29, 0.717) is 13.2 Å². The Hall–Kier alpha value is -2.64. The van der Waals surface area contributed by atoms with Crippen molar-refractivity contribution in [2.24, 2.45) is 0 Å². The highest BCUT2D eigenvalue weighted by Gasteiger charge is 2.18. The van der Waals surface area contributed by atoms with Crippen molar-refractivity contribution < 1.29 is 18.7 Å². The minimum Gasteiger partial charge on any atom is -0.497 e. The number of carbonyl (C=O) groups is 1. The average Bonchev–Trinajstić information content (AvgIpc) is 2.78. The van der Waals surface area contributed by atoms with Crippen molar-refractivity contribution in [1.82, 2.24) is 10.2 Å². The van der Waals surface area contributed by atoms with Gasteiger partial charge in [-0.1, -0.05) is 12.1 Å². The molecule has 30 heavy (non-hydrogen) atoms. The van der Waals surface area contributed by atoms with Crippen molar-refractivity contribution in [2.45, 2.75) is 19.6 Å². The molecule has 1 amide bonds. The van der Waals surface area contributed by atoms with Crippen LogP contribution in [0.2, 0.25) is 0 Å². The molecule has 0 spiro atoms. The number of benzene rings is 2. The lowest BCUT2D eigenvalue weighted by atomic mass is 10.2. The number of hydrogen-bond acceptors (Lipinski definition) is 5. The molecular formula is C23H30FN3O3. The minimum absolute atomic E-state index is 0.108. The molecule has 0 radical (unpaired) electrons. The van der Waals surface area contributed by atoms with Crippen LogP contribution in [0.25, 0.3) is 0 Å². The van der Waals surface area contributed by atoms with E-state index in [4.69, 9.17) is 9.47 Å². The molecular weight excluding hydrogens is 385 g/mol. The predicted octanol–water partition coefficient (Wildman–Crippen LogP) is 2.68. The van der Waals surface area contributed by atoms with Gasteiger partial charge in [0.2, 0.25) is 5.91 Å². The van der Waals surface area contributed by atoms with Crippen molar-refractivity contribution in [3.63, 3.8) is 0 Å². The van der Waals surface area contributed by atoms with Crippen LogP contribution >= 0.6 is 0 Å². The summed E-state index contributed by atoms with van der Waals surface area (Å²) in [6.45, 7) is 7.10. The number of hydrogen-bond donors (Lipinski definition) is 1. The van der Waals surface area contributed by atoms with Gasteiger partial charge in [-0.15, -0.1) is 0 Å². The summed E-state index contributed by atoms with van der Waals surface area (Å²) in [6, 6.07) is 14.2. The zero-order chi connectivity index (χ0) is 21.3. The van der Waals surface area contributed by atoms with Crippen molar-refractivity contribution in [1.29, 1.82) is 0 Å². The summed E-state index contributed by atoms with van der Waals surface area (Å²) in [5.41, 5.74) is 2.01. The van der Waals surface area contributed by atoms with Crippen LogP contribution in [-0.4, -0.2) is 63.3 Å². The molecule has 0 aromatic heterocycles. The van der Waals surface area contributed by atoms with Crippen molar-refractivity contribution in [2.75, 3.05) is 51.3 Å². The standard InChI is InChI=1S/C23H30FN3O3/c1-18(30-17-19-4-3-5-22(16-19)29-2)23(28)25-10-11-26-12-14-27(15-13-26)21-8-6-20(24)7-9-21/h3-9,16,18H,10-15,17H2,1-2H3,(H,25,28)/t18-/m1/s1. The number of nitrogens with one attached hydrogen (secondary N) is 1. The molecule has 0 aliphatic carbocycles. The van der Waals surface area contributed by atoms with E-state index in [1.807, 2.05) is 36.4 Å². The van der Waals surface area contributed by atoms with Gasteiger partial charge in [0, 0.05) is 45.0 Å². The number of amides is 1. The third kappa shape index (κ3) is 6.43. The fraction of sp³-hybridized carbons (Fsp3) is 0.435. The van der Waals surface area contributed by atoms with E-state index >= 15 is 0 Å². The molecule has 2 aromatic rings. The second-order valence-electron chi connectivity index (χ2n) is 7.40. The summed E-state index contributed by atoms with van der Waals surface area (Å²) in [4.78, 5) is 16.8. The fourth-order valence-corrected chi connectivity index (χ4v) is 3.42. The van der Waals surface area contributed by atoms with Gasteiger partial charge in [0.25, 0.3) is 0 Å².